The van der Waals surface area contributed by atoms with Gasteiger partial charge in [-0.05, 0) is 36.9 Å². The Morgan fingerprint density at radius 3 is 2.80 bits per heavy atom. The highest BCUT2D eigenvalue weighted by atomic mass is 16.5. The predicted molar refractivity (Wildman–Crippen MR) is 78.8 cm³/mol. The molecule has 0 saturated carbocycles. The third-order valence-electron chi connectivity index (χ3n) is 3.00. The van der Waals surface area contributed by atoms with Crippen LogP contribution in [0, 0.1) is 0 Å². The van der Waals surface area contributed by atoms with Gasteiger partial charge in [0.15, 0.2) is 0 Å². The Morgan fingerprint density at radius 2 is 2.00 bits per heavy atom. The van der Waals surface area contributed by atoms with Crippen molar-refractivity contribution in [3.8, 4) is 11.6 Å². The normalized spacial score (nSPS) is 10.7. The minimum Gasteiger partial charge on any atom is -0.438 e. The van der Waals surface area contributed by atoms with Crippen LogP contribution in [0.15, 0.2) is 54.9 Å². The van der Waals surface area contributed by atoms with E-state index in [4.69, 9.17) is 4.74 Å². The van der Waals surface area contributed by atoms with Crippen LogP contribution in [0.1, 0.15) is 5.56 Å². The second-order valence-electron chi connectivity index (χ2n) is 4.46. The molecule has 4 heteroatoms. The van der Waals surface area contributed by atoms with Crippen molar-refractivity contribution < 1.29 is 4.74 Å². The molecule has 0 atom stereocenters. The average molecular weight is 265 g/mol. The Kier molecular flexibility index (Phi) is 3.56. The number of rotatable bonds is 4. The second kappa shape index (κ2) is 5.67. The smallest absolute Gasteiger partial charge is 0.219 e. The Hall–Kier alpha value is -2.46. The summed E-state index contributed by atoms with van der Waals surface area (Å²) in [6.45, 7) is 0.797. The molecule has 0 spiro atoms. The molecule has 3 aromatic rings. The van der Waals surface area contributed by atoms with Gasteiger partial charge in [-0.25, -0.2) is 4.98 Å². The van der Waals surface area contributed by atoms with E-state index in [1.54, 1.807) is 6.20 Å². The lowest BCUT2D eigenvalue weighted by Gasteiger charge is -2.08. The van der Waals surface area contributed by atoms with E-state index < -0.39 is 0 Å². The molecule has 4 nitrogen and oxygen atoms in total. The maximum Gasteiger partial charge on any atom is 0.219 e. The first-order valence-electron chi connectivity index (χ1n) is 6.48. The molecule has 1 N–H and O–H groups in total. The summed E-state index contributed by atoms with van der Waals surface area (Å²) in [5, 5.41) is 4.07. The largest absolute Gasteiger partial charge is 0.438 e. The molecule has 0 aliphatic heterocycles. The molecule has 0 amide bonds. The van der Waals surface area contributed by atoms with Crippen LogP contribution in [0.2, 0.25) is 0 Å². The average Bonchev–Trinajstić information content (AvgIpc) is 2.50. The zero-order chi connectivity index (χ0) is 13.8. The van der Waals surface area contributed by atoms with Crippen molar-refractivity contribution in [3.05, 3.63) is 60.4 Å². The Morgan fingerprint density at radius 1 is 1.05 bits per heavy atom. The lowest BCUT2D eigenvalue weighted by molar-refractivity contribution is 0.467. The molecule has 20 heavy (non-hydrogen) atoms. The summed E-state index contributed by atoms with van der Waals surface area (Å²) >= 11 is 0. The highest BCUT2D eigenvalue weighted by molar-refractivity contribution is 5.85. The third kappa shape index (κ3) is 2.60. The maximum atomic E-state index is 5.85. The van der Waals surface area contributed by atoms with Gasteiger partial charge in [0.1, 0.15) is 5.75 Å². The van der Waals surface area contributed by atoms with Gasteiger partial charge in [0.2, 0.25) is 5.88 Å². The molecule has 100 valence electrons. The summed E-state index contributed by atoms with van der Waals surface area (Å²) < 4.78 is 5.85. The Balaban J connectivity index is 1.89. The van der Waals surface area contributed by atoms with E-state index in [1.807, 2.05) is 55.7 Å². The molecule has 3 rings (SSSR count). The van der Waals surface area contributed by atoms with Gasteiger partial charge < -0.3 is 10.1 Å². The van der Waals surface area contributed by atoms with Gasteiger partial charge in [-0.3, -0.25) is 4.98 Å². The van der Waals surface area contributed by atoms with Crippen LogP contribution in [0.4, 0.5) is 0 Å². The van der Waals surface area contributed by atoms with Crippen LogP contribution in [-0.4, -0.2) is 17.0 Å². The molecule has 0 saturated heterocycles. The van der Waals surface area contributed by atoms with E-state index >= 15 is 0 Å². The van der Waals surface area contributed by atoms with E-state index in [9.17, 15) is 0 Å². The van der Waals surface area contributed by atoms with Gasteiger partial charge in [-0.2, -0.15) is 0 Å². The molecular formula is C16H15N3O. The number of aromatic nitrogens is 2. The predicted octanol–water partition coefficient (Wildman–Crippen LogP) is 3.14. The summed E-state index contributed by atoms with van der Waals surface area (Å²) in [7, 11) is 1.91. The number of fused-ring (bicyclic) bond motifs is 1. The maximum absolute atomic E-state index is 5.85. The molecule has 0 bridgehead atoms. The van der Waals surface area contributed by atoms with Crippen LogP contribution >= 0.6 is 0 Å². The highest BCUT2D eigenvalue weighted by Crippen LogP contribution is 2.27. The molecule has 0 aliphatic carbocycles. The number of ether oxygens (including phenoxy) is 1. The lowest BCUT2D eigenvalue weighted by Crippen LogP contribution is -2.05. The van der Waals surface area contributed by atoms with Crippen LogP contribution in [-0.2, 0) is 6.54 Å². The molecule has 0 fully saturated rings. The van der Waals surface area contributed by atoms with Crippen LogP contribution in [0.3, 0.4) is 0 Å². The van der Waals surface area contributed by atoms with Crippen molar-refractivity contribution in [2.75, 3.05) is 7.05 Å². The van der Waals surface area contributed by atoms with Crippen molar-refractivity contribution in [3.63, 3.8) is 0 Å². The number of nitrogens with zero attached hydrogens (tertiary/aromatic N) is 2. The van der Waals surface area contributed by atoms with Crippen molar-refractivity contribution in [2.45, 2.75) is 6.54 Å². The fourth-order valence-electron chi connectivity index (χ4n) is 2.06. The molecule has 0 unspecified atom stereocenters. The first-order valence-corrected chi connectivity index (χ1v) is 6.48. The van der Waals surface area contributed by atoms with Gasteiger partial charge in [-0.1, -0.05) is 12.1 Å². The fourth-order valence-corrected chi connectivity index (χ4v) is 2.06. The van der Waals surface area contributed by atoms with Gasteiger partial charge >= 0.3 is 0 Å². The summed E-state index contributed by atoms with van der Waals surface area (Å²) in [4.78, 5) is 8.63. The van der Waals surface area contributed by atoms with E-state index in [0.717, 1.165) is 28.8 Å². The van der Waals surface area contributed by atoms with Gasteiger partial charge in [-0.15, -0.1) is 0 Å². The summed E-state index contributed by atoms with van der Waals surface area (Å²) in [6, 6.07) is 13.6. The van der Waals surface area contributed by atoms with Crippen LogP contribution in [0.25, 0.3) is 10.9 Å². The zero-order valence-corrected chi connectivity index (χ0v) is 11.2. The van der Waals surface area contributed by atoms with Gasteiger partial charge in [0, 0.05) is 30.4 Å². The monoisotopic (exact) mass is 265 g/mol. The van der Waals surface area contributed by atoms with E-state index in [2.05, 4.69) is 15.3 Å². The van der Waals surface area contributed by atoms with Crippen LogP contribution < -0.4 is 10.1 Å². The molecule has 2 aromatic heterocycles. The molecule has 2 heterocycles. The fraction of sp³-hybridized carbons (Fsp3) is 0.125. The topological polar surface area (TPSA) is 47.0 Å². The SMILES string of the molecule is CNCc1ccc(Oc2cccc3ncccc23)nc1. The quantitative estimate of drug-likeness (QED) is 0.787. The summed E-state index contributed by atoms with van der Waals surface area (Å²) in [6.07, 6.45) is 3.59. The summed E-state index contributed by atoms with van der Waals surface area (Å²) in [5.41, 5.74) is 2.04. The zero-order valence-electron chi connectivity index (χ0n) is 11.2. The lowest BCUT2D eigenvalue weighted by atomic mass is 10.2. The Labute approximate surface area is 117 Å². The number of benzene rings is 1. The first-order chi connectivity index (χ1) is 9.86. The molecule has 1 aromatic carbocycles. The van der Waals surface area contributed by atoms with Gasteiger partial charge in [0.25, 0.3) is 0 Å². The van der Waals surface area contributed by atoms with Crippen molar-refractivity contribution in [2.24, 2.45) is 0 Å². The minimum atomic E-state index is 0.584. The van der Waals surface area contributed by atoms with Crippen LogP contribution in [0.5, 0.6) is 11.6 Å². The third-order valence-corrected chi connectivity index (χ3v) is 3.00. The number of pyridine rings is 2. The number of hydrogen-bond donors (Lipinski definition) is 1. The minimum absolute atomic E-state index is 0.584. The molecule has 0 radical (unpaired) electrons. The number of hydrogen-bond acceptors (Lipinski definition) is 4. The van der Waals surface area contributed by atoms with E-state index in [1.165, 1.54) is 0 Å². The highest BCUT2D eigenvalue weighted by Gasteiger charge is 2.04. The molecular weight excluding hydrogens is 250 g/mol. The van der Waals surface area contributed by atoms with Crippen molar-refractivity contribution in [1.82, 2.24) is 15.3 Å². The van der Waals surface area contributed by atoms with E-state index in [0.29, 0.717) is 5.88 Å². The number of nitrogens with one attached hydrogen (secondary N) is 1. The van der Waals surface area contributed by atoms with E-state index in [-0.39, 0.29) is 0 Å². The second-order valence-corrected chi connectivity index (χ2v) is 4.46. The van der Waals surface area contributed by atoms with Crippen molar-refractivity contribution in [1.29, 1.82) is 0 Å². The van der Waals surface area contributed by atoms with Gasteiger partial charge in [0.05, 0.1) is 5.52 Å². The first kappa shape index (κ1) is 12.6. The summed E-state index contributed by atoms with van der Waals surface area (Å²) in [5.74, 6) is 1.35. The van der Waals surface area contributed by atoms with Crippen molar-refractivity contribution >= 4 is 10.9 Å². The Bertz CT molecular complexity index is 705. The standard InChI is InChI=1S/C16H15N3O/c1-17-10-12-7-8-16(19-11-12)20-15-6-2-5-14-13(15)4-3-9-18-14/h2-9,11,17H,10H2,1H3. The molecule has 0 aliphatic rings.